The van der Waals surface area contributed by atoms with E-state index >= 15 is 0 Å². The number of hydrogen-bond acceptors (Lipinski definition) is 6. The molecule has 1 N–H and O–H groups in total. The van der Waals surface area contributed by atoms with Crippen LogP contribution in [0.5, 0.6) is 0 Å². The summed E-state index contributed by atoms with van der Waals surface area (Å²) in [7, 11) is 0. The Balaban J connectivity index is 0.000000198. The predicted molar refractivity (Wildman–Crippen MR) is 126 cm³/mol. The minimum Gasteiger partial charge on any atom is -0.372 e. The van der Waals surface area contributed by atoms with Crippen molar-refractivity contribution < 1.29 is 22.9 Å². The molecular formula is C24H24F3N5O3. The quantitative estimate of drug-likeness (QED) is 0.285. The van der Waals surface area contributed by atoms with Gasteiger partial charge in [-0.05, 0) is 50.5 Å². The summed E-state index contributed by atoms with van der Waals surface area (Å²) in [4.78, 5) is 30.7. The fourth-order valence-corrected chi connectivity index (χ4v) is 3.65. The van der Waals surface area contributed by atoms with E-state index in [1.807, 2.05) is 12.1 Å². The van der Waals surface area contributed by atoms with E-state index in [4.69, 9.17) is 0 Å². The second-order valence-corrected chi connectivity index (χ2v) is 7.91. The lowest BCUT2D eigenvalue weighted by molar-refractivity contribution is -0.385. The van der Waals surface area contributed by atoms with Gasteiger partial charge < -0.3 is 10.2 Å². The van der Waals surface area contributed by atoms with Gasteiger partial charge in [0.2, 0.25) is 6.41 Å². The summed E-state index contributed by atoms with van der Waals surface area (Å²) in [6, 6.07) is 10.1. The topological polar surface area (TPSA) is 101 Å². The van der Waals surface area contributed by atoms with Crippen LogP contribution in [-0.4, -0.2) is 34.4 Å². The van der Waals surface area contributed by atoms with Gasteiger partial charge in [-0.1, -0.05) is 12.1 Å². The molecule has 0 atom stereocenters. The number of aryl methyl sites for hydroxylation is 1. The molecule has 8 nitrogen and oxygen atoms in total. The Labute approximate surface area is 200 Å². The van der Waals surface area contributed by atoms with Gasteiger partial charge in [0.15, 0.2) is 5.82 Å². The molecule has 0 unspecified atom stereocenters. The van der Waals surface area contributed by atoms with E-state index in [-0.39, 0.29) is 22.0 Å². The van der Waals surface area contributed by atoms with Crippen molar-refractivity contribution in [2.24, 2.45) is 0 Å². The molecule has 1 aromatic heterocycles. The normalized spacial score (nSPS) is 13.4. The van der Waals surface area contributed by atoms with Crippen molar-refractivity contribution in [2.45, 2.75) is 32.4 Å². The number of carbonyl (C=O) groups is 1. The van der Waals surface area contributed by atoms with E-state index in [0.29, 0.717) is 12.1 Å². The molecule has 0 aliphatic carbocycles. The van der Waals surface area contributed by atoms with Gasteiger partial charge in [0, 0.05) is 36.0 Å². The molecule has 0 bridgehead atoms. The third-order valence-electron chi connectivity index (χ3n) is 5.42. The highest BCUT2D eigenvalue weighted by molar-refractivity contribution is 5.70. The lowest BCUT2D eigenvalue weighted by Crippen LogP contribution is -2.29. The van der Waals surface area contributed by atoms with Crippen LogP contribution in [0.15, 0.2) is 54.9 Å². The molecule has 2 heterocycles. The highest BCUT2D eigenvalue weighted by Gasteiger charge is 2.30. The fourth-order valence-electron chi connectivity index (χ4n) is 3.65. The average molecular weight is 487 g/mol. The van der Waals surface area contributed by atoms with E-state index < -0.39 is 11.7 Å². The molecule has 35 heavy (non-hydrogen) atoms. The first-order valence-electron chi connectivity index (χ1n) is 10.9. The zero-order valence-corrected chi connectivity index (χ0v) is 19.0. The van der Waals surface area contributed by atoms with Crippen molar-refractivity contribution in [1.82, 2.24) is 9.97 Å². The molecule has 3 aromatic rings. The largest absolute Gasteiger partial charge is 0.416 e. The Bertz CT molecular complexity index is 1160. The summed E-state index contributed by atoms with van der Waals surface area (Å²) in [6.07, 6.45) is 2.42. The van der Waals surface area contributed by atoms with E-state index in [1.165, 1.54) is 43.8 Å². The van der Waals surface area contributed by atoms with Gasteiger partial charge >= 0.3 is 6.18 Å². The van der Waals surface area contributed by atoms with Crippen molar-refractivity contribution in [1.29, 1.82) is 0 Å². The van der Waals surface area contributed by atoms with Crippen LogP contribution in [0.4, 0.5) is 30.2 Å². The van der Waals surface area contributed by atoms with Crippen LogP contribution in [-0.2, 0) is 11.0 Å². The second-order valence-electron chi connectivity index (χ2n) is 7.91. The number of nitrogens with one attached hydrogen (secondary N) is 1. The zero-order valence-electron chi connectivity index (χ0n) is 19.0. The van der Waals surface area contributed by atoms with Gasteiger partial charge in [-0.15, -0.1) is 0 Å². The van der Waals surface area contributed by atoms with Gasteiger partial charge in [0.25, 0.3) is 5.69 Å². The van der Waals surface area contributed by atoms with Crippen LogP contribution in [0.1, 0.15) is 30.4 Å². The summed E-state index contributed by atoms with van der Waals surface area (Å²) in [5.41, 5.74) is 1.93. The maximum atomic E-state index is 12.6. The van der Waals surface area contributed by atoms with Gasteiger partial charge in [0.05, 0.1) is 28.6 Å². The number of anilines is 2. The summed E-state index contributed by atoms with van der Waals surface area (Å²) in [6.45, 7) is 3.93. The van der Waals surface area contributed by atoms with Crippen LogP contribution in [0.3, 0.4) is 0 Å². The molecule has 0 spiro atoms. The molecule has 11 heteroatoms. The summed E-state index contributed by atoms with van der Waals surface area (Å²) in [5.74, 6) is 0.155. The third kappa shape index (κ3) is 6.98. The van der Waals surface area contributed by atoms with Crippen LogP contribution in [0.2, 0.25) is 0 Å². The maximum absolute atomic E-state index is 12.6. The van der Waals surface area contributed by atoms with E-state index in [1.54, 1.807) is 13.0 Å². The van der Waals surface area contributed by atoms with Crippen molar-refractivity contribution >= 4 is 23.5 Å². The van der Waals surface area contributed by atoms with Crippen LogP contribution >= 0.6 is 0 Å². The Hall–Kier alpha value is -4.02. The molecule has 2 aromatic carbocycles. The second kappa shape index (κ2) is 11.4. The van der Waals surface area contributed by atoms with Crippen molar-refractivity contribution in [3.05, 3.63) is 76.1 Å². The monoisotopic (exact) mass is 487 g/mol. The Morgan fingerprint density at radius 1 is 1.06 bits per heavy atom. The standard InChI is InChI=1S/C12H8F3N3O.C12H16N2O2/c13-12(14,15)9-3-1-2-8(4-9)11-16-5-10(6-17-11)18-7-19;1-10-9-11(5-6-12(10)14(15)16)13-7-3-2-4-8-13/h1-7H,(H,18,19);5-6,9H,2-4,7-8H2,1H3. The lowest BCUT2D eigenvalue weighted by atomic mass is 10.1. The van der Waals surface area contributed by atoms with Gasteiger partial charge in [0.1, 0.15) is 0 Å². The highest BCUT2D eigenvalue weighted by Crippen LogP contribution is 2.31. The summed E-state index contributed by atoms with van der Waals surface area (Å²) in [5, 5.41) is 13.0. The summed E-state index contributed by atoms with van der Waals surface area (Å²) >= 11 is 0. The van der Waals surface area contributed by atoms with Gasteiger partial charge in [-0.3, -0.25) is 14.9 Å². The van der Waals surface area contributed by atoms with E-state index in [0.717, 1.165) is 36.5 Å². The minimum absolute atomic E-state index is 0.155. The first-order chi connectivity index (χ1) is 16.7. The molecular weight excluding hydrogens is 463 g/mol. The predicted octanol–water partition coefficient (Wildman–Crippen LogP) is 5.62. The molecule has 1 fully saturated rings. The summed E-state index contributed by atoms with van der Waals surface area (Å²) < 4.78 is 37.7. The first kappa shape index (κ1) is 25.6. The van der Waals surface area contributed by atoms with Crippen molar-refractivity contribution in [3.63, 3.8) is 0 Å². The number of halogens is 3. The minimum atomic E-state index is -4.41. The number of nitro benzene ring substituents is 1. The number of benzene rings is 2. The molecule has 1 saturated heterocycles. The highest BCUT2D eigenvalue weighted by atomic mass is 19.4. The number of carbonyl (C=O) groups excluding carboxylic acids is 1. The third-order valence-corrected chi connectivity index (χ3v) is 5.42. The smallest absolute Gasteiger partial charge is 0.372 e. The molecule has 0 radical (unpaired) electrons. The molecule has 1 aliphatic rings. The first-order valence-corrected chi connectivity index (χ1v) is 10.9. The number of rotatable bonds is 5. The Kier molecular flexibility index (Phi) is 8.34. The van der Waals surface area contributed by atoms with E-state index in [2.05, 4.69) is 20.2 Å². The molecule has 1 amide bonds. The number of aromatic nitrogens is 2. The van der Waals surface area contributed by atoms with Crippen LogP contribution in [0, 0.1) is 17.0 Å². The van der Waals surface area contributed by atoms with Crippen molar-refractivity contribution in [3.8, 4) is 11.4 Å². The zero-order chi connectivity index (χ0) is 25.4. The molecule has 1 aliphatic heterocycles. The number of nitrogens with zero attached hydrogens (tertiary/aromatic N) is 4. The Morgan fingerprint density at radius 2 is 1.74 bits per heavy atom. The van der Waals surface area contributed by atoms with Crippen LogP contribution in [0.25, 0.3) is 11.4 Å². The number of piperidine rings is 1. The Morgan fingerprint density at radius 3 is 2.31 bits per heavy atom. The average Bonchev–Trinajstić information content (AvgIpc) is 2.85. The number of alkyl halides is 3. The number of nitro groups is 1. The number of amides is 1. The molecule has 184 valence electrons. The van der Waals surface area contributed by atoms with Gasteiger partial charge in [-0.2, -0.15) is 13.2 Å². The van der Waals surface area contributed by atoms with Gasteiger partial charge in [-0.25, -0.2) is 9.97 Å². The lowest BCUT2D eigenvalue weighted by Gasteiger charge is -2.28. The van der Waals surface area contributed by atoms with Crippen molar-refractivity contribution in [2.75, 3.05) is 23.3 Å². The number of hydrogen-bond donors (Lipinski definition) is 1. The fraction of sp³-hybridized carbons (Fsp3) is 0.292. The van der Waals surface area contributed by atoms with Crippen LogP contribution < -0.4 is 10.2 Å². The SMILES string of the molecule is Cc1cc(N2CCCCC2)ccc1[N+](=O)[O-].O=CNc1cnc(-c2cccc(C(F)(F)F)c2)nc1. The molecule has 4 rings (SSSR count). The van der Waals surface area contributed by atoms with E-state index in [9.17, 15) is 28.1 Å². The molecule has 0 saturated carbocycles. The maximum Gasteiger partial charge on any atom is 0.416 e.